The van der Waals surface area contributed by atoms with Crippen molar-refractivity contribution in [2.75, 3.05) is 14.2 Å². The molecule has 1 saturated heterocycles. The molecule has 2 heterocycles. The van der Waals surface area contributed by atoms with Crippen molar-refractivity contribution in [1.82, 2.24) is 19.6 Å². The molecule has 0 N–H and O–H groups in total. The maximum Gasteiger partial charge on any atom is 0.241 e. The van der Waals surface area contributed by atoms with Gasteiger partial charge in [-0.25, -0.2) is 0 Å². The van der Waals surface area contributed by atoms with Crippen molar-refractivity contribution in [2.45, 2.75) is 63.5 Å². The SMILES string of the molecule is COc1cccc([C@]2(CC(=O)N(C)Cc3cn(C)nc3C)CC(=O)N(C3CCCC3)C2=O)c1. The number of ether oxygens (including phenoxy) is 1. The summed E-state index contributed by atoms with van der Waals surface area (Å²) in [6.07, 6.45) is 5.52. The van der Waals surface area contributed by atoms with Crippen LogP contribution in [0.4, 0.5) is 0 Å². The van der Waals surface area contributed by atoms with Gasteiger partial charge in [-0.1, -0.05) is 25.0 Å². The van der Waals surface area contributed by atoms with Crippen LogP contribution in [-0.4, -0.2) is 57.5 Å². The quantitative estimate of drug-likeness (QED) is 0.603. The second-order valence-corrected chi connectivity index (χ2v) is 9.34. The Kier molecular flexibility index (Phi) is 6.28. The Balaban J connectivity index is 1.66. The zero-order valence-corrected chi connectivity index (χ0v) is 19.8. The van der Waals surface area contributed by atoms with Crippen LogP contribution in [-0.2, 0) is 33.4 Å². The van der Waals surface area contributed by atoms with E-state index in [0.29, 0.717) is 17.9 Å². The molecule has 2 aromatic rings. The molecule has 1 aliphatic carbocycles. The molecule has 1 saturated carbocycles. The number of aromatic nitrogens is 2. The smallest absolute Gasteiger partial charge is 0.241 e. The van der Waals surface area contributed by atoms with Crippen LogP contribution in [0.25, 0.3) is 0 Å². The Morgan fingerprint density at radius 3 is 2.64 bits per heavy atom. The minimum atomic E-state index is -1.22. The number of hydrogen-bond donors (Lipinski definition) is 0. The van der Waals surface area contributed by atoms with Crippen LogP contribution >= 0.6 is 0 Å². The third kappa shape index (κ3) is 4.26. The molecular formula is C25H32N4O4. The molecular weight excluding hydrogens is 420 g/mol. The molecule has 1 aromatic carbocycles. The van der Waals surface area contributed by atoms with E-state index in [4.69, 9.17) is 4.74 Å². The van der Waals surface area contributed by atoms with Gasteiger partial charge in [0.1, 0.15) is 5.75 Å². The van der Waals surface area contributed by atoms with Gasteiger partial charge in [0.25, 0.3) is 0 Å². The first-order valence-electron chi connectivity index (χ1n) is 11.5. The Hall–Kier alpha value is -3.16. The largest absolute Gasteiger partial charge is 0.497 e. The third-order valence-corrected chi connectivity index (χ3v) is 7.06. The number of amides is 3. The zero-order valence-electron chi connectivity index (χ0n) is 19.8. The lowest BCUT2D eigenvalue weighted by molar-refractivity contribution is -0.144. The highest BCUT2D eigenvalue weighted by atomic mass is 16.5. The van der Waals surface area contributed by atoms with E-state index in [1.807, 2.05) is 26.2 Å². The number of carbonyl (C=O) groups is 3. The number of imide groups is 1. The zero-order chi connectivity index (χ0) is 23.8. The second kappa shape index (κ2) is 9.00. The van der Waals surface area contributed by atoms with Crippen molar-refractivity contribution in [3.05, 3.63) is 47.3 Å². The molecule has 0 spiro atoms. The number of aryl methyl sites for hydroxylation is 2. The maximum absolute atomic E-state index is 13.9. The minimum Gasteiger partial charge on any atom is -0.497 e. The van der Waals surface area contributed by atoms with Gasteiger partial charge in [0.05, 0.1) is 18.2 Å². The third-order valence-electron chi connectivity index (χ3n) is 7.06. The second-order valence-electron chi connectivity index (χ2n) is 9.34. The number of carbonyl (C=O) groups excluding carboxylic acids is 3. The summed E-state index contributed by atoms with van der Waals surface area (Å²) in [7, 11) is 5.13. The fourth-order valence-corrected chi connectivity index (χ4v) is 5.22. The predicted octanol–water partition coefficient (Wildman–Crippen LogP) is 2.73. The van der Waals surface area contributed by atoms with E-state index in [-0.39, 0.29) is 36.6 Å². The van der Waals surface area contributed by atoms with Gasteiger partial charge in [-0.15, -0.1) is 0 Å². The van der Waals surface area contributed by atoms with Crippen molar-refractivity contribution in [2.24, 2.45) is 7.05 Å². The van der Waals surface area contributed by atoms with E-state index in [1.54, 1.807) is 41.9 Å². The van der Waals surface area contributed by atoms with Gasteiger partial charge in [0.15, 0.2) is 0 Å². The standard InChI is InChI=1S/C25H32N4O4/c1-17-18(16-28(3)26-17)15-27(2)22(30)13-25(19-8-7-11-21(12-19)33-4)14-23(31)29(24(25)32)20-9-5-6-10-20/h7-8,11-12,16,20H,5-6,9-10,13-15H2,1-4H3/t25-/m0/s1. The van der Waals surface area contributed by atoms with E-state index < -0.39 is 5.41 Å². The van der Waals surface area contributed by atoms with Crippen molar-refractivity contribution >= 4 is 17.7 Å². The molecule has 2 fully saturated rings. The Morgan fingerprint density at radius 1 is 1.27 bits per heavy atom. The molecule has 0 unspecified atom stereocenters. The number of methoxy groups -OCH3 is 1. The average Bonchev–Trinajstić information content (AvgIpc) is 3.47. The lowest BCUT2D eigenvalue weighted by atomic mass is 9.75. The van der Waals surface area contributed by atoms with Crippen molar-refractivity contribution in [1.29, 1.82) is 0 Å². The lowest BCUT2D eigenvalue weighted by Crippen LogP contribution is -2.45. The summed E-state index contributed by atoms with van der Waals surface area (Å²) < 4.78 is 7.10. The van der Waals surface area contributed by atoms with Crippen molar-refractivity contribution in [3.63, 3.8) is 0 Å². The van der Waals surface area contributed by atoms with Gasteiger partial charge in [-0.3, -0.25) is 24.0 Å². The fourth-order valence-electron chi connectivity index (χ4n) is 5.22. The van der Waals surface area contributed by atoms with Crippen LogP contribution in [0.3, 0.4) is 0 Å². The van der Waals surface area contributed by atoms with Crippen LogP contribution in [0.1, 0.15) is 55.3 Å². The van der Waals surface area contributed by atoms with E-state index in [9.17, 15) is 14.4 Å². The number of nitrogens with zero attached hydrogens (tertiary/aromatic N) is 4. The monoisotopic (exact) mass is 452 g/mol. The molecule has 0 radical (unpaired) electrons. The topological polar surface area (TPSA) is 84.7 Å². The molecule has 2 aliphatic rings. The Bertz CT molecular complexity index is 1070. The highest BCUT2D eigenvalue weighted by Gasteiger charge is 2.55. The van der Waals surface area contributed by atoms with E-state index in [0.717, 1.165) is 36.9 Å². The molecule has 1 atom stereocenters. The molecule has 8 heteroatoms. The van der Waals surface area contributed by atoms with Crippen molar-refractivity contribution in [3.8, 4) is 5.75 Å². The Morgan fingerprint density at radius 2 is 2.00 bits per heavy atom. The predicted molar refractivity (Wildman–Crippen MR) is 122 cm³/mol. The van der Waals surface area contributed by atoms with Crippen LogP contribution in [0, 0.1) is 6.92 Å². The number of hydrogen-bond acceptors (Lipinski definition) is 5. The highest BCUT2D eigenvalue weighted by molar-refractivity contribution is 6.11. The van der Waals surface area contributed by atoms with Gasteiger partial charge in [0.2, 0.25) is 17.7 Å². The molecule has 0 bridgehead atoms. The summed E-state index contributed by atoms with van der Waals surface area (Å²) in [4.78, 5) is 43.5. The maximum atomic E-state index is 13.9. The summed E-state index contributed by atoms with van der Waals surface area (Å²) in [6.45, 7) is 2.30. The average molecular weight is 453 g/mol. The molecule has 176 valence electrons. The Labute approximate surface area is 194 Å². The summed E-state index contributed by atoms with van der Waals surface area (Å²) in [5.74, 6) is -0.0334. The van der Waals surface area contributed by atoms with Crippen LogP contribution < -0.4 is 4.74 Å². The first-order chi connectivity index (χ1) is 15.7. The van der Waals surface area contributed by atoms with Crippen LogP contribution in [0.2, 0.25) is 0 Å². The van der Waals surface area contributed by atoms with E-state index in [1.165, 1.54) is 4.90 Å². The molecule has 3 amide bonds. The number of benzene rings is 1. The van der Waals surface area contributed by atoms with Crippen LogP contribution in [0.15, 0.2) is 30.5 Å². The minimum absolute atomic E-state index is 0.000993. The first kappa shape index (κ1) is 23.0. The van der Waals surface area contributed by atoms with E-state index >= 15 is 0 Å². The summed E-state index contributed by atoms with van der Waals surface area (Å²) in [6, 6.07) is 7.14. The summed E-state index contributed by atoms with van der Waals surface area (Å²) in [5, 5.41) is 4.34. The van der Waals surface area contributed by atoms with Gasteiger partial charge in [-0.05, 0) is 37.5 Å². The molecule has 4 rings (SSSR count). The first-order valence-corrected chi connectivity index (χ1v) is 11.5. The fraction of sp³-hybridized carbons (Fsp3) is 0.520. The molecule has 8 nitrogen and oxygen atoms in total. The van der Waals surface area contributed by atoms with Gasteiger partial charge >= 0.3 is 0 Å². The highest BCUT2D eigenvalue weighted by Crippen LogP contribution is 2.43. The van der Waals surface area contributed by atoms with Crippen molar-refractivity contribution < 1.29 is 19.1 Å². The van der Waals surface area contributed by atoms with Gasteiger partial charge in [-0.2, -0.15) is 5.10 Å². The normalized spacial score (nSPS) is 21.2. The summed E-state index contributed by atoms with van der Waals surface area (Å²) in [5.41, 5.74) is 1.24. The van der Waals surface area contributed by atoms with Gasteiger partial charge < -0.3 is 9.64 Å². The molecule has 33 heavy (non-hydrogen) atoms. The van der Waals surface area contributed by atoms with Crippen LogP contribution in [0.5, 0.6) is 5.75 Å². The summed E-state index contributed by atoms with van der Waals surface area (Å²) >= 11 is 0. The lowest BCUT2D eigenvalue weighted by Gasteiger charge is -2.30. The van der Waals surface area contributed by atoms with Gasteiger partial charge in [0, 0.05) is 51.3 Å². The molecule has 1 aromatic heterocycles. The number of rotatable bonds is 7. The van der Waals surface area contributed by atoms with E-state index in [2.05, 4.69) is 5.10 Å². The number of likely N-dealkylation sites (tertiary alicyclic amines) is 1. The molecule has 1 aliphatic heterocycles.